The Balaban J connectivity index is 1.67. The zero-order chi connectivity index (χ0) is 34.0. The van der Waals surface area contributed by atoms with Gasteiger partial charge in [0.1, 0.15) is 5.60 Å². The zero-order valence-electron chi connectivity index (χ0n) is 26.0. The molecule has 3 aromatic carbocycles. The van der Waals surface area contributed by atoms with Crippen LogP contribution in [0.1, 0.15) is 32.8 Å². The van der Waals surface area contributed by atoms with Crippen LogP contribution in [-0.4, -0.2) is 91.9 Å². The number of carbonyl (C=O) groups is 1. The van der Waals surface area contributed by atoms with E-state index in [0.29, 0.717) is 5.39 Å². The number of piperazine rings is 1. The van der Waals surface area contributed by atoms with Crippen LogP contribution in [0.15, 0.2) is 30.3 Å². The van der Waals surface area contributed by atoms with Gasteiger partial charge in [0.05, 0.1) is 18.5 Å². The van der Waals surface area contributed by atoms with Crippen molar-refractivity contribution < 1.29 is 36.6 Å². The van der Waals surface area contributed by atoms with Crippen molar-refractivity contribution in [2.75, 3.05) is 38.4 Å². The summed E-state index contributed by atoms with van der Waals surface area (Å²) in [5.41, 5.74) is -2.00. The second-order valence-electron chi connectivity index (χ2n) is 11.7. The number of aromatic nitrogens is 2. The van der Waals surface area contributed by atoms with Gasteiger partial charge in [0.25, 0.3) is 0 Å². The number of carbonyl (C=O) groups excluding carboxylic acids is 1. The van der Waals surface area contributed by atoms with E-state index in [0.717, 1.165) is 6.07 Å². The number of fused-ring (bicyclic) bond motifs is 2. The Hall–Kier alpha value is -4.22. The van der Waals surface area contributed by atoms with Crippen LogP contribution in [-0.2, 0) is 9.47 Å². The SMILES string of the molecule is COCOc1cc(-c2c(F)cc3c(N4CCN(C(=O)OC(C)(C)C)[C@@H](CC#N)C4)nc(F)nc3c2F)c2c(C#[C][Tl])c(F)ccc2c1. The Morgan fingerprint density at radius 2 is 1.87 bits per heavy atom. The topological polar surface area (TPSA) is 101 Å². The summed E-state index contributed by atoms with van der Waals surface area (Å²) < 4.78 is 81.8. The quantitative estimate of drug-likeness (QED) is 0.0790. The van der Waals surface area contributed by atoms with Crippen LogP contribution in [0.5, 0.6) is 5.75 Å². The van der Waals surface area contributed by atoms with Crippen molar-refractivity contribution in [3.05, 3.63) is 59.4 Å². The molecule has 0 saturated carbocycles. The maximum atomic E-state index is 16.6. The number of methoxy groups -OCH3 is 1. The molecule has 0 N–H and O–H groups in total. The molecular weight excluding hydrogens is 811 g/mol. The van der Waals surface area contributed by atoms with Gasteiger partial charge in [0, 0.05) is 6.54 Å². The number of nitrogens with zero attached hydrogens (tertiary/aromatic N) is 5. The molecule has 1 saturated heterocycles. The van der Waals surface area contributed by atoms with Crippen LogP contribution >= 0.6 is 0 Å². The molecule has 14 heteroatoms. The number of amides is 1. The van der Waals surface area contributed by atoms with Crippen molar-refractivity contribution in [1.82, 2.24) is 14.9 Å². The molecule has 1 aliphatic rings. The summed E-state index contributed by atoms with van der Waals surface area (Å²) in [4.78, 5) is 23.4. The fourth-order valence-electron chi connectivity index (χ4n) is 5.54. The number of halogens is 4. The van der Waals surface area contributed by atoms with E-state index in [1.54, 1.807) is 31.7 Å². The normalized spacial score (nSPS) is 14.9. The van der Waals surface area contributed by atoms with E-state index in [1.165, 1.54) is 30.2 Å². The van der Waals surface area contributed by atoms with Crippen LogP contribution in [0.4, 0.5) is 28.2 Å². The van der Waals surface area contributed by atoms with Crippen molar-refractivity contribution in [2.45, 2.75) is 38.8 Å². The predicted molar refractivity (Wildman–Crippen MR) is 167 cm³/mol. The number of rotatable bonds is 6. The van der Waals surface area contributed by atoms with Crippen molar-refractivity contribution in [2.24, 2.45) is 0 Å². The molecular formula is C33H28F4N5O4Tl. The molecule has 1 amide bonds. The van der Waals surface area contributed by atoms with Gasteiger partial charge in [-0.15, -0.1) is 0 Å². The van der Waals surface area contributed by atoms with E-state index in [9.17, 15) is 10.1 Å². The van der Waals surface area contributed by atoms with Crippen molar-refractivity contribution >= 4 is 59.4 Å². The molecule has 1 atom stereocenters. The Kier molecular flexibility index (Phi) is 10.1. The summed E-state index contributed by atoms with van der Waals surface area (Å²) in [5, 5.41) is 9.89. The Morgan fingerprint density at radius 1 is 1.11 bits per heavy atom. The van der Waals surface area contributed by atoms with E-state index in [1.807, 2.05) is 6.07 Å². The van der Waals surface area contributed by atoms with Crippen LogP contribution in [0.25, 0.3) is 32.8 Å². The number of hydrogen-bond donors (Lipinski definition) is 0. The minimum atomic E-state index is -1.27. The first-order chi connectivity index (χ1) is 22.4. The van der Waals surface area contributed by atoms with Crippen LogP contribution in [0, 0.1) is 44.3 Å². The van der Waals surface area contributed by atoms with E-state index < -0.39 is 52.3 Å². The number of anilines is 1. The first kappa shape index (κ1) is 34.1. The fourth-order valence-corrected chi connectivity index (χ4v) is 6.11. The molecule has 0 unspecified atom stereocenters. The van der Waals surface area contributed by atoms with E-state index >= 15 is 17.6 Å². The molecule has 1 aromatic heterocycles. The van der Waals surface area contributed by atoms with Crippen LogP contribution in [0.2, 0.25) is 0 Å². The molecule has 5 rings (SSSR count). The van der Waals surface area contributed by atoms with E-state index in [2.05, 4.69) is 19.4 Å². The van der Waals surface area contributed by atoms with Crippen molar-refractivity contribution in [1.29, 1.82) is 5.26 Å². The van der Waals surface area contributed by atoms with Crippen molar-refractivity contribution in [3.8, 4) is 32.3 Å². The summed E-state index contributed by atoms with van der Waals surface area (Å²) in [6, 6.07) is 7.93. The molecule has 9 nitrogen and oxygen atoms in total. The third-order valence-electron chi connectivity index (χ3n) is 7.42. The van der Waals surface area contributed by atoms with Gasteiger partial charge in [-0.3, -0.25) is 0 Å². The van der Waals surface area contributed by atoms with Crippen LogP contribution in [0.3, 0.4) is 0 Å². The summed E-state index contributed by atoms with van der Waals surface area (Å²) in [7, 11) is 1.41. The van der Waals surface area contributed by atoms with Gasteiger partial charge in [-0.05, 0) is 20.8 Å². The van der Waals surface area contributed by atoms with E-state index in [4.69, 9.17) is 14.2 Å². The fraction of sp³-hybridized carbons (Fsp3) is 0.333. The average Bonchev–Trinajstić information content (AvgIpc) is 3.01. The molecule has 47 heavy (non-hydrogen) atoms. The van der Waals surface area contributed by atoms with Gasteiger partial charge >= 0.3 is 214 Å². The van der Waals surface area contributed by atoms with Crippen molar-refractivity contribution in [3.63, 3.8) is 0 Å². The van der Waals surface area contributed by atoms with Gasteiger partial charge < -0.3 is 9.64 Å². The molecule has 0 bridgehead atoms. The van der Waals surface area contributed by atoms with E-state index in [-0.39, 0.29) is 92.1 Å². The number of hydrogen-bond acceptors (Lipinski definition) is 8. The summed E-state index contributed by atoms with van der Waals surface area (Å²) in [6.45, 7) is 5.17. The summed E-state index contributed by atoms with van der Waals surface area (Å²) in [5.74, 6) is -0.0953. The monoisotopic (exact) mass is 839 g/mol. The molecule has 2 heterocycles. The second-order valence-corrected chi connectivity index (χ2v) is 12.8. The Morgan fingerprint density at radius 3 is 2.55 bits per heavy atom. The van der Waals surface area contributed by atoms with Gasteiger partial charge in [-0.25, -0.2) is 4.79 Å². The Labute approximate surface area is 284 Å². The van der Waals surface area contributed by atoms with Gasteiger partial charge in [-0.2, -0.15) is 5.26 Å². The Bertz CT molecular complexity index is 1990. The molecule has 1 aliphatic heterocycles. The molecule has 1 fully saturated rings. The molecule has 240 valence electrons. The molecule has 0 spiro atoms. The standard InChI is InChI=1S/C33H28F4N5O4.Tl/c1-6-21-24(34)8-7-18-13-20(45-17-44-5)14-22(26(18)21)27-25(35)15-23-29(28(27)36)39-31(37)40-30(23)41-11-12-42(19(16-41)9-10-38)32(43)46-33(2,3)4;/h7-8,13-15,19H,9,11-12,16-17H2,2-5H3;/t19-;/m0./s1. The summed E-state index contributed by atoms with van der Waals surface area (Å²) in [6.07, 6.45) is -1.97. The number of nitriles is 1. The number of benzene rings is 3. The van der Waals surface area contributed by atoms with Gasteiger partial charge in [0.2, 0.25) is 0 Å². The molecule has 0 aliphatic carbocycles. The summed E-state index contributed by atoms with van der Waals surface area (Å²) >= 11 is 0.202. The third-order valence-corrected chi connectivity index (χ3v) is 7.98. The minimum absolute atomic E-state index is 0.00909. The first-order valence-electron chi connectivity index (χ1n) is 14.4. The van der Waals surface area contributed by atoms with Gasteiger partial charge in [0.15, 0.2) is 0 Å². The second kappa shape index (κ2) is 13.9. The predicted octanol–water partition coefficient (Wildman–Crippen LogP) is 5.81. The maximum absolute atomic E-state index is 16.6. The first-order valence-corrected chi connectivity index (χ1v) is 16.7. The van der Waals surface area contributed by atoms with Gasteiger partial charge in [-0.1, -0.05) is 0 Å². The molecule has 4 aromatic rings. The van der Waals surface area contributed by atoms with Crippen LogP contribution < -0.4 is 9.64 Å². The zero-order valence-corrected chi connectivity index (χ0v) is 30.4. The molecule has 0 radical (unpaired) electrons. The third kappa shape index (κ3) is 7.06. The number of ether oxygens (including phenoxy) is 3. The average molecular weight is 839 g/mol.